The van der Waals surface area contributed by atoms with Crippen LogP contribution in [0.3, 0.4) is 0 Å². The van der Waals surface area contributed by atoms with Gasteiger partial charge < -0.3 is 19.9 Å². The highest BCUT2D eigenvalue weighted by Crippen LogP contribution is 2.36. The Hall–Kier alpha value is -2.34. The Morgan fingerprint density at radius 1 is 1.26 bits per heavy atom. The molecule has 120 valence electrons. The fourth-order valence-corrected chi connectivity index (χ4v) is 3.25. The monoisotopic (exact) mass is 313 g/mol. The molecule has 1 aliphatic carbocycles. The summed E-state index contributed by atoms with van der Waals surface area (Å²) in [5.74, 6) is -0.552. The van der Waals surface area contributed by atoms with Crippen LogP contribution < -0.4 is 5.32 Å². The van der Waals surface area contributed by atoms with Crippen molar-refractivity contribution >= 4 is 28.4 Å². The van der Waals surface area contributed by atoms with Crippen LogP contribution in [0.1, 0.15) is 12.8 Å². The second kappa shape index (κ2) is 5.70. The Balaban J connectivity index is 1.51. The van der Waals surface area contributed by atoms with Crippen molar-refractivity contribution in [2.45, 2.75) is 18.9 Å². The Labute approximate surface area is 133 Å². The first-order chi connectivity index (χ1) is 11.2. The van der Waals surface area contributed by atoms with Crippen LogP contribution in [-0.2, 0) is 14.3 Å². The number of nitrogens with one attached hydrogen (secondary N) is 2. The van der Waals surface area contributed by atoms with Gasteiger partial charge in [-0.15, -0.1) is 0 Å². The fraction of sp³-hybridized carbons (Fsp3) is 0.412. The molecule has 0 spiro atoms. The van der Waals surface area contributed by atoms with Crippen molar-refractivity contribution in [1.29, 1.82) is 0 Å². The van der Waals surface area contributed by atoms with Crippen molar-refractivity contribution in [3.8, 4) is 0 Å². The summed E-state index contributed by atoms with van der Waals surface area (Å²) in [5, 5.41) is 3.65. The number of amides is 2. The summed E-state index contributed by atoms with van der Waals surface area (Å²) in [7, 11) is 0. The molecule has 6 nitrogen and oxygen atoms in total. The summed E-state index contributed by atoms with van der Waals surface area (Å²) >= 11 is 0. The minimum atomic E-state index is -0.578. The van der Waals surface area contributed by atoms with E-state index in [2.05, 4.69) is 10.3 Å². The van der Waals surface area contributed by atoms with E-state index in [9.17, 15) is 9.59 Å². The van der Waals surface area contributed by atoms with Crippen LogP contribution >= 0.6 is 0 Å². The van der Waals surface area contributed by atoms with E-state index >= 15 is 0 Å². The zero-order valence-corrected chi connectivity index (χ0v) is 12.7. The van der Waals surface area contributed by atoms with E-state index in [-0.39, 0.29) is 6.04 Å². The lowest BCUT2D eigenvalue weighted by molar-refractivity contribution is -0.149. The number of morpholine rings is 1. The molecular formula is C17H19N3O3. The number of aromatic nitrogens is 1. The molecule has 1 saturated heterocycles. The van der Waals surface area contributed by atoms with Crippen LogP contribution in [0.5, 0.6) is 0 Å². The van der Waals surface area contributed by atoms with E-state index in [0.717, 1.165) is 23.7 Å². The SMILES string of the molecule is O=C(Nc1cccc2[nH]ccc12)C(=O)N1CCOC[C@H]1C1CC1. The number of rotatable bonds is 2. The normalized spacial score (nSPS) is 21.4. The summed E-state index contributed by atoms with van der Waals surface area (Å²) < 4.78 is 5.48. The van der Waals surface area contributed by atoms with Crippen molar-refractivity contribution in [2.75, 3.05) is 25.1 Å². The molecule has 2 heterocycles. The molecule has 2 fully saturated rings. The Morgan fingerprint density at radius 2 is 2.13 bits per heavy atom. The number of carbonyl (C=O) groups excluding carboxylic acids is 2. The minimum Gasteiger partial charge on any atom is -0.377 e. The van der Waals surface area contributed by atoms with Gasteiger partial charge in [0.1, 0.15) is 0 Å². The van der Waals surface area contributed by atoms with Crippen molar-refractivity contribution in [3.05, 3.63) is 30.5 Å². The van der Waals surface area contributed by atoms with E-state index in [4.69, 9.17) is 4.74 Å². The highest BCUT2D eigenvalue weighted by Gasteiger charge is 2.40. The van der Waals surface area contributed by atoms with Gasteiger partial charge in [-0.25, -0.2) is 0 Å². The average Bonchev–Trinajstić information content (AvgIpc) is 3.31. The third-order valence-electron chi connectivity index (χ3n) is 4.63. The molecule has 0 unspecified atom stereocenters. The molecule has 1 aromatic carbocycles. The number of nitrogens with zero attached hydrogens (tertiary/aromatic N) is 1. The molecule has 1 aliphatic heterocycles. The molecule has 2 N–H and O–H groups in total. The van der Waals surface area contributed by atoms with Gasteiger partial charge in [0, 0.05) is 23.6 Å². The number of hydrogen-bond donors (Lipinski definition) is 2. The van der Waals surface area contributed by atoms with Gasteiger partial charge in [0.05, 0.1) is 24.9 Å². The lowest BCUT2D eigenvalue weighted by Gasteiger charge is -2.35. The maximum Gasteiger partial charge on any atom is 0.313 e. The molecule has 1 atom stereocenters. The van der Waals surface area contributed by atoms with Crippen LogP contribution in [0.25, 0.3) is 10.9 Å². The van der Waals surface area contributed by atoms with Crippen molar-refractivity contribution in [2.24, 2.45) is 5.92 Å². The number of aromatic amines is 1. The predicted molar refractivity (Wildman–Crippen MR) is 86.0 cm³/mol. The zero-order valence-electron chi connectivity index (χ0n) is 12.7. The fourth-order valence-electron chi connectivity index (χ4n) is 3.25. The maximum absolute atomic E-state index is 12.6. The standard InChI is InChI=1S/C17H19N3O3/c21-16(19-14-3-1-2-13-12(14)6-7-18-13)17(22)20-8-9-23-10-15(20)11-4-5-11/h1-3,6-7,11,15,18H,4-5,8-10H2,(H,19,21)/t15-/m0/s1. The summed E-state index contributed by atoms with van der Waals surface area (Å²) in [4.78, 5) is 29.8. The molecular weight excluding hydrogens is 294 g/mol. The molecule has 0 bridgehead atoms. The van der Waals surface area contributed by atoms with Crippen LogP contribution in [0.2, 0.25) is 0 Å². The van der Waals surface area contributed by atoms with E-state index in [1.807, 2.05) is 24.4 Å². The number of benzene rings is 1. The molecule has 2 aromatic rings. The number of fused-ring (bicyclic) bond motifs is 1. The van der Waals surface area contributed by atoms with E-state index in [1.165, 1.54) is 0 Å². The van der Waals surface area contributed by atoms with Gasteiger partial charge in [0.15, 0.2) is 0 Å². The smallest absolute Gasteiger partial charge is 0.313 e. The lowest BCUT2D eigenvalue weighted by atomic mass is 10.1. The highest BCUT2D eigenvalue weighted by molar-refractivity contribution is 6.40. The Kier molecular flexibility index (Phi) is 3.53. The third kappa shape index (κ3) is 2.70. The Bertz CT molecular complexity index is 750. The second-order valence-electron chi connectivity index (χ2n) is 6.18. The largest absolute Gasteiger partial charge is 0.377 e. The molecule has 2 aliphatic rings. The second-order valence-corrected chi connectivity index (χ2v) is 6.18. The minimum absolute atomic E-state index is 0.0463. The lowest BCUT2D eigenvalue weighted by Crippen LogP contribution is -2.53. The van der Waals surface area contributed by atoms with Gasteiger partial charge >= 0.3 is 11.8 Å². The molecule has 1 aromatic heterocycles. The van der Waals surface area contributed by atoms with Crippen molar-refractivity contribution < 1.29 is 14.3 Å². The van der Waals surface area contributed by atoms with E-state index < -0.39 is 11.8 Å². The third-order valence-corrected chi connectivity index (χ3v) is 4.63. The topological polar surface area (TPSA) is 74.4 Å². The summed E-state index contributed by atoms with van der Waals surface area (Å²) in [5.41, 5.74) is 1.58. The number of hydrogen-bond acceptors (Lipinski definition) is 3. The molecule has 4 rings (SSSR count). The molecule has 2 amide bonds. The van der Waals surface area contributed by atoms with Crippen molar-refractivity contribution in [3.63, 3.8) is 0 Å². The average molecular weight is 313 g/mol. The van der Waals surface area contributed by atoms with Gasteiger partial charge in [-0.1, -0.05) is 6.07 Å². The number of H-pyrrole nitrogens is 1. The summed E-state index contributed by atoms with van der Waals surface area (Å²) in [6.45, 7) is 1.52. The van der Waals surface area contributed by atoms with Crippen LogP contribution in [0, 0.1) is 5.92 Å². The summed E-state index contributed by atoms with van der Waals surface area (Å²) in [6.07, 6.45) is 4.04. The van der Waals surface area contributed by atoms with E-state index in [1.54, 1.807) is 11.0 Å². The van der Waals surface area contributed by atoms with Crippen LogP contribution in [-0.4, -0.2) is 47.5 Å². The number of ether oxygens (including phenoxy) is 1. The first-order valence-corrected chi connectivity index (χ1v) is 8.00. The van der Waals surface area contributed by atoms with Gasteiger partial charge in [-0.2, -0.15) is 0 Å². The van der Waals surface area contributed by atoms with Gasteiger partial charge in [0.2, 0.25) is 0 Å². The molecule has 1 saturated carbocycles. The molecule has 6 heteroatoms. The highest BCUT2D eigenvalue weighted by atomic mass is 16.5. The quantitative estimate of drug-likeness (QED) is 0.829. The number of anilines is 1. The zero-order chi connectivity index (χ0) is 15.8. The molecule has 23 heavy (non-hydrogen) atoms. The van der Waals surface area contributed by atoms with E-state index in [0.29, 0.717) is 31.4 Å². The van der Waals surface area contributed by atoms with Gasteiger partial charge in [0.25, 0.3) is 0 Å². The first kappa shape index (κ1) is 14.3. The summed E-state index contributed by atoms with van der Waals surface area (Å²) in [6, 6.07) is 7.51. The van der Waals surface area contributed by atoms with Gasteiger partial charge in [-0.3, -0.25) is 9.59 Å². The predicted octanol–water partition coefficient (Wildman–Crippen LogP) is 1.74. The maximum atomic E-state index is 12.6. The molecule has 0 radical (unpaired) electrons. The Morgan fingerprint density at radius 3 is 2.96 bits per heavy atom. The first-order valence-electron chi connectivity index (χ1n) is 8.00. The van der Waals surface area contributed by atoms with Crippen LogP contribution in [0.15, 0.2) is 30.5 Å². The van der Waals surface area contributed by atoms with Gasteiger partial charge in [-0.05, 0) is 37.0 Å². The van der Waals surface area contributed by atoms with Crippen LogP contribution in [0.4, 0.5) is 5.69 Å². The number of carbonyl (C=O) groups is 2. The van der Waals surface area contributed by atoms with Crippen molar-refractivity contribution in [1.82, 2.24) is 9.88 Å².